The number of nitrogens with zero attached hydrogens (tertiary/aromatic N) is 3. The van der Waals surface area contributed by atoms with Gasteiger partial charge >= 0.3 is 6.18 Å². The number of aliphatic hydroxyl groups excluding tert-OH is 1. The third-order valence-electron chi connectivity index (χ3n) is 3.12. The van der Waals surface area contributed by atoms with E-state index < -0.39 is 11.7 Å². The first-order valence-electron chi connectivity index (χ1n) is 7.09. The number of alkyl halides is 3. The van der Waals surface area contributed by atoms with E-state index in [-0.39, 0.29) is 6.61 Å². The lowest BCUT2D eigenvalue weighted by atomic mass is 10.1. The van der Waals surface area contributed by atoms with E-state index in [1.807, 2.05) is 13.8 Å². The molecule has 3 aromatic rings. The summed E-state index contributed by atoms with van der Waals surface area (Å²) in [6.45, 7) is 3.78. The van der Waals surface area contributed by atoms with Gasteiger partial charge in [0, 0.05) is 11.8 Å². The summed E-state index contributed by atoms with van der Waals surface area (Å²) in [5.41, 5.74) is 1.55. The Morgan fingerprint density at radius 1 is 1.04 bits per heavy atom. The summed E-state index contributed by atoms with van der Waals surface area (Å²) in [7, 11) is 0. The molecule has 0 radical (unpaired) electrons. The fourth-order valence-corrected chi connectivity index (χ4v) is 2.05. The average Bonchev–Trinajstić information content (AvgIpc) is 2.99. The zero-order valence-corrected chi connectivity index (χ0v) is 12.7. The first-order valence-corrected chi connectivity index (χ1v) is 7.09. The van der Waals surface area contributed by atoms with Gasteiger partial charge in [0.2, 0.25) is 0 Å². The molecule has 0 aliphatic heterocycles. The molecule has 23 heavy (non-hydrogen) atoms. The van der Waals surface area contributed by atoms with Crippen molar-refractivity contribution in [3.63, 3.8) is 0 Å². The Balaban J connectivity index is 0.000000924. The second-order valence-corrected chi connectivity index (χ2v) is 4.48. The van der Waals surface area contributed by atoms with Crippen molar-refractivity contribution in [1.29, 1.82) is 0 Å². The summed E-state index contributed by atoms with van der Waals surface area (Å²) >= 11 is 0. The van der Waals surface area contributed by atoms with Crippen LogP contribution in [0.25, 0.3) is 16.9 Å². The van der Waals surface area contributed by atoms with E-state index >= 15 is 0 Å². The Morgan fingerprint density at radius 3 is 2.26 bits per heavy atom. The second-order valence-electron chi connectivity index (χ2n) is 4.48. The topological polar surface area (TPSA) is 50.4 Å². The van der Waals surface area contributed by atoms with Gasteiger partial charge in [0.25, 0.3) is 0 Å². The van der Waals surface area contributed by atoms with Gasteiger partial charge in [-0.2, -0.15) is 13.2 Å². The number of rotatable bonds is 2. The Hall–Kier alpha value is -2.41. The van der Waals surface area contributed by atoms with E-state index in [0.717, 1.165) is 12.1 Å². The van der Waals surface area contributed by atoms with Crippen molar-refractivity contribution in [2.24, 2.45) is 0 Å². The summed E-state index contributed by atoms with van der Waals surface area (Å²) in [4.78, 5) is 8.13. The van der Waals surface area contributed by atoms with E-state index in [1.54, 1.807) is 16.8 Å². The van der Waals surface area contributed by atoms with Gasteiger partial charge in [-0.1, -0.05) is 26.0 Å². The number of benzene rings is 1. The van der Waals surface area contributed by atoms with Gasteiger partial charge in [-0.25, -0.2) is 4.98 Å². The molecule has 0 unspecified atom stereocenters. The van der Waals surface area contributed by atoms with Gasteiger partial charge in [0.1, 0.15) is 0 Å². The summed E-state index contributed by atoms with van der Waals surface area (Å²) in [6.07, 6.45) is 0.307. The standard InChI is InChI=1S/C14H10F3N3O.C2H6/c15-14(16,17)10-3-1-9(2-4-10)12-5-19-13-6-18-11(8-21)7-20(12)13;1-2/h1-7,21H,8H2;1-2H3. The molecule has 0 saturated heterocycles. The Labute approximate surface area is 131 Å². The van der Waals surface area contributed by atoms with E-state index in [2.05, 4.69) is 9.97 Å². The van der Waals surface area contributed by atoms with Crippen LogP contribution in [0.5, 0.6) is 0 Å². The zero-order valence-electron chi connectivity index (χ0n) is 12.7. The van der Waals surface area contributed by atoms with Crippen LogP contribution in [0, 0.1) is 0 Å². The molecular weight excluding hydrogens is 307 g/mol. The van der Waals surface area contributed by atoms with Crippen LogP contribution in [0.2, 0.25) is 0 Å². The van der Waals surface area contributed by atoms with Crippen LogP contribution in [0.15, 0.2) is 42.9 Å². The van der Waals surface area contributed by atoms with Crippen LogP contribution in [0.4, 0.5) is 13.2 Å². The molecule has 7 heteroatoms. The van der Waals surface area contributed by atoms with Crippen molar-refractivity contribution < 1.29 is 18.3 Å². The first kappa shape index (κ1) is 17.0. The zero-order chi connectivity index (χ0) is 17.0. The minimum absolute atomic E-state index is 0.222. The van der Waals surface area contributed by atoms with Crippen LogP contribution < -0.4 is 0 Å². The molecule has 2 aromatic heterocycles. The van der Waals surface area contributed by atoms with Gasteiger partial charge in [-0.3, -0.25) is 9.38 Å². The molecule has 4 nitrogen and oxygen atoms in total. The van der Waals surface area contributed by atoms with Crippen LogP contribution >= 0.6 is 0 Å². The molecule has 0 bridgehead atoms. The monoisotopic (exact) mass is 323 g/mol. The van der Waals surface area contributed by atoms with Crippen molar-refractivity contribution in [2.75, 3.05) is 0 Å². The highest BCUT2D eigenvalue weighted by Gasteiger charge is 2.30. The molecule has 122 valence electrons. The van der Waals surface area contributed by atoms with E-state index in [0.29, 0.717) is 22.6 Å². The molecule has 1 aromatic carbocycles. The number of aromatic nitrogens is 3. The molecule has 0 atom stereocenters. The highest BCUT2D eigenvalue weighted by Crippen LogP contribution is 2.31. The third kappa shape index (κ3) is 3.50. The molecule has 2 heterocycles. The maximum atomic E-state index is 12.6. The molecule has 0 spiro atoms. The Kier molecular flexibility index (Phi) is 5.00. The molecule has 0 aliphatic carbocycles. The summed E-state index contributed by atoms with van der Waals surface area (Å²) < 4.78 is 39.4. The van der Waals surface area contributed by atoms with Crippen LogP contribution in [0.1, 0.15) is 25.1 Å². The summed E-state index contributed by atoms with van der Waals surface area (Å²) in [5, 5.41) is 9.10. The Bertz CT molecular complexity index is 779. The maximum Gasteiger partial charge on any atom is 0.416 e. The van der Waals surface area contributed by atoms with E-state index in [4.69, 9.17) is 5.11 Å². The normalized spacial score (nSPS) is 11.2. The second kappa shape index (κ2) is 6.78. The number of hydrogen-bond donors (Lipinski definition) is 1. The van der Waals surface area contributed by atoms with Crippen LogP contribution in [-0.4, -0.2) is 19.5 Å². The van der Waals surface area contributed by atoms with E-state index in [9.17, 15) is 13.2 Å². The lowest BCUT2D eigenvalue weighted by Gasteiger charge is -2.08. The lowest BCUT2D eigenvalue weighted by Crippen LogP contribution is -2.04. The molecular formula is C16H16F3N3O. The maximum absolute atomic E-state index is 12.6. The predicted octanol–water partition coefficient (Wildman–Crippen LogP) is 3.93. The van der Waals surface area contributed by atoms with Crippen molar-refractivity contribution in [3.05, 3.63) is 54.1 Å². The minimum atomic E-state index is -4.36. The van der Waals surface area contributed by atoms with Gasteiger partial charge in [0.05, 0.1) is 36.0 Å². The fraction of sp³-hybridized carbons (Fsp3) is 0.250. The molecule has 3 rings (SSSR count). The number of halogens is 3. The molecule has 0 saturated carbocycles. The molecule has 0 amide bonds. The lowest BCUT2D eigenvalue weighted by molar-refractivity contribution is -0.137. The van der Waals surface area contributed by atoms with Crippen LogP contribution in [-0.2, 0) is 12.8 Å². The highest BCUT2D eigenvalue weighted by atomic mass is 19.4. The van der Waals surface area contributed by atoms with Crippen molar-refractivity contribution >= 4 is 5.65 Å². The van der Waals surface area contributed by atoms with Gasteiger partial charge in [-0.05, 0) is 12.1 Å². The SMILES string of the molecule is CC.OCc1cn2c(-c3ccc(C(F)(F)F)cc3)cnc2cn1. The number of fused-ring (bicyclic) bond motifs is 1. The first-order chi connectivity index (χ1) is 11.0. The largest absolute Gasteiger partial charge is 0.416 e. The highest BCUT2D eigenvalue weighted by molar-refractivity contribution is 5.63. The van der Waals surface area contributed by atoms with Crippen molar-refractivity contribution in [3.8, 4) is 11.3 Å². The minimum Gasteiger partial charge on any atom is -0.390 e. The van der Waals surface area contributed by atoms with Crippen molar-refractivity contribution in [2.45, 2.75) is 26.6 Å². The summed E-state index contributed by atoms with van der Waals surface area (Å²) in [6, 6.07) is 4.85. The van der Waals surface area contributed by atoms with Gasteiger partial charge in [-0.15, -0.1) is 0 Å². The van der Waals surface area contributed by atoms with E-state index in [1.165, 1.54) is 18.3 Å². The smallest absolute Gasteiger partial charge is 0.390 e. The van der Waals surface area contributed by atoms with Gasteiger partial charge < -0.3 is 5.11 Å². The number of hydrogen-bond acceptors (Lipinski definition) is 3. The van der Waals surface area contributed by atoms with Crippen molar-refractivity contribution in [1.82, 2.24) is 14.4 Å². The predicted molar refractivity (Wildman–Crippen MR) is 80.7 cm³/mol. The third-order valence-corrected chi connectivity index (χ3v) is 3.12. The number of aliphatic hydroxyl groups is 1. The molecule has 0 fully saturated rings. The molecule has 0 aliphatic rings. The van der Waals surface area contributed by atoms with Gasteiger partial charge in [0.15, 0.2) is 5.65 Å². The molecule has 1 N–H and O–H groups in total. The quantitative estimate of drug-likeness (QED) is 0.777. The summed E-state index contributed by atoms with van der Waals surface area (Å²) in [5.74, 6) is 0. The van der Waals surface area contributed by atoms with Crippen LogP contribution in [0.3, 0.4) is 0 Å². The fourth-order valence-electron chi connectivity index (χ4n) is 2.05. The number of imidazole rings is 1. The average molecular weight is 323 g/mol. The Morgan fingerprint density at radius 2 is 1.70 bits per heavy atom.